The standard InChI is InChI=1S/C20H21N3O/c1-14-4-7-16(8-5-14)20-17(12-19(24)22-10-3-11-22)23-13-15(2)6-9-18(23)21-20/h4-9,13H,3,10-12H2,1-2H3. The van der Waals surface area contributed by atoms with Crippen LogP contribution in [0.4, 0.5) is 0 Å². The van der Waals surface area contributed by atoms with E-state index in [0.717, 1.165) is 47.7 Å². The minimum atomic E-state index is 0.193. The average molecular weight is 319 g/mol. The Kier molecular flexibility index (Phi) is 3.60. The van der Waals surface area contributed by atoms with Crippen LogP contribution >= 0.6 is 0 Å². The van der Waals surface area contributed by atoms with Crippen LogP contribution in [0.3, 0.4) is 0 Å². The Labute approximate surface area is 141 Å². The van der Waals surface area contributed by atoms with Gasteiger partial charge in [-0.15, -0.1) is 0 Å². The number of hydrogen-bond donors (Lipinski definition) is 0. The molecular weight excluding hydrogens is 298 g/mol. The first kappa shape index (κ1) is 14.9. The van der Waals surface area contributed by atoms with Gasteiger partial charge in [0, 0.05) is 24.8 Å². The van der Waals surface area contributed by atoms with Crippen molar-refractivity contribution >= 4 is 11.6 Å². The van der Waals surface area contributed by atoms with Gasteiger partial charge in [-0.3, -0.25) is 4.79 Å². The highest BCUT2D eigenvalue weighted by Gasteiger charge is 2.24. The fourth-order valence-electron chi connectivity index (χ4n) is 3.13. The lowest BCUT2D eigenvalue weighted by Crippen LogP contribution is -2.43. The van der Waals surface area contributed by atoms with Gasteiger partial charge in [0.2, 0.25) is 5.91 Å². The van der Waals surface area contributed by atoms with Gasteiger partial charge in [-0.05, 0) is 31.9 Å². The van der Waals surface area contributed by atoms with E-state index < -0.39 is 0 Å². The van der Waals surface area contributed by atoms with Gasteiger partial charge in [-0.1, -0.05) is 35.9 Å². The number of hydrogen-bond acceptors (Lipinski definition) is 2. The number of rotatable bonds is 3. The first-order valence-electron chi connectivity index (χ1n) is 8.44. The maximum absolute atomic E-state index is 12.5. The molecule has 4 rings (SSSR count). The van der Waals surface area contributed by atoms with Crippen LogP contribution < -0.4 is 0 Å². The fraction of sp³-hybridized carbons (Fsp3) is 0.300. The van der Waals surface area contributed by atoms with Crippen LogP contribution in [0.15, 0.2) is 42.6 Å². The van der Waals surface area contributed by atoms with Crippen LogP contribution in [-0.4, -0.2) is 33.3 Å². The van der Waals surface area contributed by atoms with Crippen molar-refractivity contribution in [3.8, 4) is 11.3 Å². The SMILES string of the molecule is Cc1ccc(-c2nc3ccc(C)cn3c2CC(=O)N2CCC2)cc1. The molecule has 1 aliphatic rings. The van der Waals surface area contributed by atoms with Crippen molar-refractivity contribution in [3.63, 3.8) is 0 Å². The van der Waals surface area contributed by atoms with Crippen LogP contribution in [0.5, 0.6) is 0 Å². The van der Waals surface area contributed by atoms with Crippen molar-refractivity contribution in [1.29, 1.82) is 0 Å². The number of aryl methyl sites for hydroxylation is 2. The molecule has 3 heterocycles. The maximum Gasteiger partial charge on any atom is 0.228 e. The molecule has 1 aromatic carbocycles. The Bertz CT molecular complexity index is 905. The second kappa shape index (κ2) is 5.78. The van der Waals surface area contributed by atoms with E-state index in [1.165, 1.54) is 5.56 Å². The molecule has 0 radical (unpaired) electrons. The highest BCUT2D eigenvalue weighted by Crippen LogP contribution is 2.26. The molecule has 2 aromatic heterocycles. The molecule has 1 amide bonds. The number of pyridine rings is 1. The third kappa shape index (κ3) is 2.58. The molecule has 0 N–H and O–H groups in total. The van der Waals surface area contributed by atoms with Crippen molar-refractivity contribution in [1.82, 2.24) is 14.3 Å². The highest BCUT2D eigenvalue weighted by molar-refractivity contribution is 5.82. The van der Waals surface area contributed by atoms with Gasteiger partial charge < -0.3 is 9.30 Å². The van der Waals surface area contributed by atoms with Gasteiger partial charge in [0.15, 0.2) is 0 Å². The van der Waals surface area contributed by atoms with E-state index in [2.05, 4.69) is 54.8 Å². The largest absolute Gasteiger partial charge is 0.342 e. The first-order valence-corrected chi connectivity index (χ1v) is 8.44. The fourth-order valence-corrected chi connectivity index (χ4v) is 3.13. The number of nitrogens with zero attached hydrogens (tertiary/aromatic N) is 3. The van der Waals surface area contributed by atoms with E-state index >= 15 is 0 Å². The van der Waals surface area contributed by atoms with Gasteiger partial charge in [-0.25, -0.2) is 4.98 Å². The molecule has 1 fully saturated rings. The van der Waals surface area contributed by atoms with Gasteiger partial charge in [-0.2, -0.15) is 0 Å². The van der Waals surface area contributed by atoms with Crippen molar-refractivity contribution in [2.45, 2.75) is 26.7 Å². The molecule has 0 aliphatic carbocycles. The number of fused-ring (bicyclic) bond motifs is 1. The van der Waals surface area contributed by atoms with E-state index in [9.17, 15) is 4.79 Å². The van der Waals surface area contributed by atoms with Crippen LogP contribution in [0, 0.1) is 13.8 Å². The molecular formula is C20H21N3O. The minimum absolute atomic E-state index is 0.193. The zero-order valence-electron chi connectivity index (χ0n) is 14.1. The summed E-state index contributed by atoms with van der Waals surface area (Å²) in [5.74, 6) is 0.193. The molecule has 4 nitrogen and oxygen atoms in total. The smallest absolute Gasteiger partial charge is 0.228 e. The molecule has 0 bridgehead atoms. The number of aromatic nitrogens is 2. The monoisotopic (exact) mass is 319 g/mol. The number of likely N-dealkylation sites (tertiary alicyclic amines) is 1. The molecule has 0 atom stereocenters. The quantitative estimate of drug-likeness (QED) is 0.742. The Balaban J connectivity index is 1.83. The van der Waals surface area contributed by atoms with Crippen LogP contribution in [0.2, 0.25) is 0 Å². The van der Waals surface area contributed by atoms with Crippen LogP contribution in [-0.2, 0) is 11.2 Å². The summed E-state index contributed by atoms with van der Waals surface area (Å²) in [5, 5.41) is 0. The van der Waals surface area contributed by atoms with E-state index in [1.54, 1.807) is 0 Å². The van der Waals surface area contributed by atoms with Gasteiger partial charge in [0.05, 0.1) is 17.8 Å². The van der Waals surface area contributed by atoms with Crippen molar-refractivity contribution in [2.75, 3.05) is 13.1 Å². The molecule has 24 heavy (non-hydrogen) atoms. The zero-order valence-corrected chi connectivity index (χ0v) is 14.1. The van der Waals surface area contributed by atoms with Gasteiger partial charge in [0.25, 0.3) is 0 Å². The summed E-state index contributed by atoms with van der Waals surface area (Å²) in [6.45, 7) is 5.90. The molecule has 0 unspecified atom stereocenters. The number of carbonyl (C=O) groups excluding carboxylic acids is 1. The number of amides is 1. The van der Waals surface area contributed by atoms with E-state index in [0.29, 0.717) is 6.42 Å². The molecule has 1 saturated heterocycles. The molecule has 1 aliphatic heterocycles. The van der Waals surface area contributed by atoms with Crippen molar-refractivity contribution in [2.24, 2.45) is 0 Å². The second-order valence-electron chi connectivity index (χ2n) is 6.62. The van der Waals surface area contributed by atoms with Crippen molar-refractivity contribution in [3.05, 3.63) is 59.4 Å². The lowest BCUT2D eigenvalue weighted by Gasteiger charge is -2.31. The maximum atomic E-state index is 12.5. The summed E-state index contributed by atoms with van der Waals surface area (Å²) in [5.41, 5.74) is 6.23. The number of imidazole rings is 1. The predicted octanol–water partition coefficient (Wildman–Crippen LogP) is 3.39. The van der Waals surface area contributed by atoms with Gasteiger partial charge in [0.1, 0.15) is 5.65 Å². The summed E-state index contributed by atoms with van der Waals surface area (Å²) in [4.78, 5) is 19.3. The molecule has 0 saturated carbocycles. The van der Waals surface area contributed by atoms with Gasteiger partial charge >= 0.3 is 0 Å². The number of benzene rings is 1. The zero-order chi connectivity index (χ0) is 16.7. The molecule has 3 aromatic rings. The average Bonchev–Trinajstić information content (AvgIpc) is 2.84. The lowest BCUT2D eigenvalue weighted by atomic mass is 10.1. The first-order chi connectivity index (χ1) is 11.6. The van der Waals surface area contributed by atoms with Crippen LogP contribution in [0.1, 0.15) is 23.2 Å². The van der Waals surface area contributed by atoms with E-state index in [4.69, 9.17) is 4.98 Å². The lowest BCUT2D eigenvalue weighted by molar-refractivity contribution is -0.133. The minimum Gasteiger partial charge on any atom is -0.342 e. The Morgan fingerprint density at radius 2 is 1.75 bits per heavy atom. The molecule has 0 spiro atoms. The third-order valence-electron chi connectivity index (χ3n) is 4.72. The summed E-state index contributed by atoms with van der Waals surface area (Å²) in [6, 6.07) is 12.4. The summed E-state index contributed by atoms with van der Waals surface area (Å²) in [6.07, 6.45) is 3.58. The van der Waals surface area contributed by atoms with Crippen LogP contribution in [0.25, 0.3) is 16.9 Å². The Hall–Kier alpha value is -2.62. The summed E-state index contributed by atoms with van der Waals surface area (Å²) >= 11 is 0. The Morgan fingerprint density at radius 3 is 2.42 bits per heavy atom. The highest BCUT2D eigenvalue weighted by atomic mass is 16.2. The second-order valence-corrected chi connectivity index (χ2v) is 6.62. The Morgan fingerprint density at radius 1 is 1.04 bits per heavy atom. The summed E-state index contributed by atoms with van der Waals surface area (Å²) in [7, 11) is 0. The van der Waals surface area contributed by atoms with E-state index in [-0.39, 0.29) is 5.91 Å². The van der Waals surface area contributed by atoms with E-state index in [1.807, 2.05) is 11.0 Å². The molecule has 4 heteroatoms. The topological polar surface area (TPSA) is 37.6 Å². The van der Waals surface area contributed by atoms with Crippen molar-refractivity contribution < 1.29 is 4.79 Å². The molecule has 122 valence electrons. The third-order valence-corrected chi connectivity index (χ3v) is 4.72. The predicted molar refractivity (Wildman–Crippen MR) is 95.0 cm³/mol. The normalized spacial score (nSPS) is 14.0. The summed E-state index contributed by atoms with van der Waals surface area (Å²) < 4.78 is 2.07. The number of carbonyl (C=O) groups is 1.